The van der Waals surface area contributed by atoms with E-state index in [2.05, 4.69) is 4.84 Å². The molecule has 1 aromatic carbocycles. The van der Waals surface area contributed by atoms with E-state index in [1.54, 1.807) is 24.3 Å². The molecule has 0 unspecified atom stereocenters. The molecule has 1 heterocycles. The molecule has 2 rings (SSSR count). The van der Waals surface area contributed by atoms with Gasteiger partial charge in [0.2, 0.25) is 0 Å². The maximum Gasteiger partial charge on any atom is 0.454 e. The van der Waals surface area contributed by atoms with E-state index in [9.17, 15) is 4.79 Å². The highest BCUT2D eigenvalue weighted by Gasteiger charge is 2.08. The molecule has 0 bridgehead atoms. The van der Waals surface area contributed by atoms with Gasteiger partial charge in [-0.2, -0.15) is 0 Å². The SMILES string of the molecule is N#COn1c(=O)oc2ccccc21. The molecule has 5 nitrogen and oxygen atoms in total. The minimum Gasteiger partial charge on any atom is -0.405 e. The van der Waals surface area contributed by atoms with Crippen LogP contribution in [0.15, 0.2) is 33.5 Å². The van der Waals surface area contributed by atoms with Gasteiger partial charge in [-0.3, -0.25) is 4.84 Å². The van der Waals surface area contributed by atoms with Gasteiger partial charge in [0.1, 0.15) is 5.52 Å². The lowest BCUT2D eigenvalue weighted by molar-refractivity contribution is 0.214. The smallest absolute Gasteiger partial charge is 0.405 e. The van der Waals surface area contributed by atoms with E-state index in [1.807, 2.05) is 0 Å². The second kappa shape index (κ2) is 2.68. The first-order valence-electron chi connectivity index (χ1n) is 3.50. The zero-order valence-corrected chi connectivity index (χ0v) is 6.43. The number of para-hydroxylation sites is 2. The summed E-state index contributed by atoms with van der Waals surface area (Å²) >= 11 is 0. The van der Waals surface area contributed by atoms with E-state index in [-0.39, 0.29) is 0 Å². The number of oxazole rings is 1. The molecule has 0 N–H and O–H groups in total. The lowest BCUT2D eigenvalue weighted by Crippen LogP contribution is -2.18. The van der Waals surface area contributed by atoms with Gasteiger partial charge in [-0.1, -0.05) is 16.9 Å². The minimum absolute atomic E-state index is 0.391. The average Bonchev–Trinajstić information content (AvgIpc) is 2.44. The summed E-state index contributed by atoms with van der Waals surface area (Å²) in [5.41, 5.74) is 0.830. The molecular formula is C8H4N2O3. The summed E-state index contributed by atoms with van der Waals surface area (Å²) < 4.78 is 5.58. The quantitative estimate of drug-likeness (QED) is 0.593. The Morgan fingerprint density at radius 2 is 2.23 bits per heavy atom. The molecule has 13 heavy (non-hydrogen) atoms. The van der Waals surface area contributed by atoms with E-state index in [4.69, 9.17) is 9.68 Å². The fraction of sp³-hybridized carbons (Fsp3) is 0. The normalized spacial score (nSPS) is 9.77. The van der Waals surface area contributed by atoms with Gasteiger partial charge in [-0.05, 0) is 12.1 Å². The van der Waals surface area contributed by atoms with Crippen LogP contribution in [-0.4, -0.2) is 4.73 Å². The third kappa shape index (κ3) is 1.05. The fourth-order valence-corrected chi connectivity index (χ4v) is 1.07. The zero-order chi connectivity index (χ0) is 9.26. The number of nitrogens with zero attached hydrogens (tertiary/aromatic N) is 2. The fourth-order valence-electron chi connectivity index (χ4n) is 1.07. The van der Waals surface area contributed by atoms with Crippen LogP contribution in [0.25, 0.3) is 11.1 Å². The number of hydrogen-bond donors (Lipinski definition) is 0. The van der Waals surface area contributed by atoms with Crippen molar-refractivity contribution in [3.63, 3.8) is 0 Å². The summed E-state index contributed by atoms with van der Waals surface area (Å²) in [4.78, 5) is 15.5. The summed E-state index contributed by atoms with van der Waals surface area (Å²) in [6, 6.07) is 6.68. The molecular weight excluding hydrogens is 172 g/mol. The van der Waals surface area contributed by atoms with Crippen molar-refractivity contribution in [1.82, 2.24) is 4.73 Å². The molecule has 1 aromatic heterocycles. The van der Waals surface area contributed by atoms with Gasteiger partial charge in [0.25, 0.3) is 0 Å². The standard InChI is InChI=1S/C8H4N2O3/c9-5-12-10-6-3-1-2-4-7(6)13-8(10)11/h1-4H. The summed E-state index contributed by atoms with van der Waals surface area (Å²) in [5, 5.41) is 8.25. The molecule has 0 aliphatic heterocycles. The Balaban J connectivity index is 2.80. The van der Waals surface area contributed by atoms with E-state index in [1.165, 1.54) is 6.26 Å². The van der Waals surface area contributed by atoms with Crippen molar-refractivity contribution in [3.8, 4) is 6.26 Å². The van der Waals surface area contributed by atoms with E-state index < -0.39 is 5.76 Å². The summed E-state index contributed by atoms with van der Waals surface area (Å²) in [5.74, 6) is -0.706. The second-order valence-electron chi connectivity index (χ2n) is 2.31. The van der Waals surface area contributed by atoms with Crippen LogP contribution in [0.1, 0.15) is 0 Å². The first kappa shape index (κ1) is 7.43. The largest absolute Gasteiger partial charge is 0.454 e. The van der Waals surface area contributed by atoms with Crippen LogP contribution in [0.3, 0.4) is 0 Å². The van der Waals surface area contributed by atoms with E-state index in [0.717, 1.165) is 4.73 Å². The summed E-state index contributed by atoms with van der Waals surface area (Å²) in [6.45, 7) is 0. The van der Waals surface area contributed by atoms with Gasteiger partial charge < -0.3 is 4.42 Å². The van der Waals surface area contributed by atoms with Crippen molar-refractivity contribution in [3.05, 3.63) is 34.8 Å². The molecule has 0 radical (unpaired) electrons. The first-order valence-corrected chi connectivity index (χ1v) is 3.50. The van der Waals surface area contributed by atoms with Crippen molar-refractivity contribution in [2.45, 2.75) is 0 Å². The Labute approximate surface area is 72.3 Å². The van der Waals surface area contributed by atoms with Gasteiger partial charge in [0.05, 0.1) is 0 Å². The minimum atomic E-state index is -0.706. The van der Waals surface area contributed by atoms with Crippen LogP contribution in [0.5, 0.6) is 0 Å². The van der Waals surface area contributed by atoms with Crippen molar-refractivity contribution in [2.24, 2.45) is 0 Å². The third-order valence-corrected chi connectivity index (χ3v) is 1.58. The molecule has 0 amide bonds. The Kier molecular flexibility index (Phi) is 1.53. The van der Waals surface area contributed by atoms with Crippen molar-refractivity contribution in [2.75, 3.05) is 0 Å². The van der Waals surface area contributed by atoms with Gasteiger partial charge in [-0.15, -0.1) is 5.26 Å². The van der Waals surface area contributed by atoms with Gasteiger partial charge in [-0.25, -0.2) is 4.79 Å². The predicted octanol–water partition coefficient (Wildman–Crippen LogP) is 0.504. The average molecular weight is 176 g/mol. The maximum absolute atomic E-state index is 11.0. The number of fused-ring (bicyclic) bond motifs is 1. The van der Waals surface area contributed by atoms with Crippen LogP contribution < -0.4 is 10.6 Å². The topological polar surface area (TPSA) is 68.2 Å². The molecule has 5 heteroatoms. The Morgan fingerprint density at radius 1 is 1.46 bits per heavy atom. The second-order valence-corrected chi connectivity index (χ2v) is 2.31. The highest BCUT2D eigenvalue weighted by atomic mass is 16.7. The molecule has 0 spiro atoms. The van der Waals surface area contributed by atoms with Crippen LogP contribution in [0.4, 0.5) is 0 Å². The first-order chi connectivity index (χ1) is 6.33. The lowest BCUT2D eigenvalue weighted by atomic mass is 10.3. The monoisotopic (exact) mass is 176 g/mol. The predicted molar refractivity (Wildman–Crippen MR) is 42.7 cm³/mol. The molecule has 0 aliphatic carbocycles. The maximum atomic E-state index is 11.0. The Morgan fingerprint density at radius 3 is 3.00 bits per heavy atom. The van der Waals surface area contributed by atoms with Crippen LogP contribution in [0, 0.1) is 11.5 Å². The molecule has 0 fully saturated rings. The molecule has 0 saturated heterocycles. The van der Waals surface area contributed by atoms with E-state index in [0.29, 0.717) is 11.1 Å². The Hall–Kier alpha value is -2.22. The van der Waals surface area contributed by atoms with Crippen molar-refractivity contribution < 1.29 is 9.25 Å². The Bertz CT molecular complexity index is 532. The zero-order valence-electron chi connectivity index (χ0n) is 6.43. The number of rotatable bonds is 1. The van der Waals surface area contributed by atoms with Crippen molar-refractivity contribution >= 4 is 11.1 Å². The molecule has 0 saturated carbocycles. The van der Waals surface area contributed by atoms with Crippen molar-refractivity contribution in [1.29, 1.82) is 5.26 Å². The highest BCUT2D eigenvalue weighted by molar-refractivity contribution is 5.72. The molecule has 2 aromatic rings. The number of aromatic nitrogens is 1. The highest BCUT2D eigenvalue weighted by Crippen LogP contribution is 2.09. The van der Waals surface area contributed by atoms with Gasteiger partial charge in [0, 0.05) is 0 Å². The number of hydrogen-bond acceptors (Lipinski definition) is 4. The van der Waals surface area contributed by atoms with Gasteiger partial charge in [0.15, 0.2) is 5.58 Å². The van der Waals surface area contributed by atoms with Crippen LogP contribution >= 0.6 is 0 Å². The summed E-state index contributed by atoms with van der Waals surface area (Å²) in [7, 11) is 0. The summed E-state index contributed by atoms with van der Waals surface area (Å²) in [6.07, 6.45) is 1.41. The third-order valence-electron chi connectivity index (χ3n) is 1.58. The number of benzene rings is 1. The molecule has 0 atom stereocenters. The van der Waals surface area contributed by atoms with E-state index >= 15 is 0 Å². The number of nitriles is 1. The van der Waals surface area contributed by atoms with Crippen LogP contribution in [-0.2, 0) is 0 Å². The van der Waals surface area contributed by atoms with Crippen LogP contribution in [0.2, 0.25) is 0 Å². The lowest BCUT2D eigenvalue weighted by Gasteiger charge is -1.91. The van der Waals surface area contributed by atoms with Gasteiger partial charge >= 0.3 is 12.0 Å². The molecule has 64 valence electrons. The molecule has 0 aliphatic rings.